The Hall–Kier alpha value is -0.390. The summed E-state index contributed by atoms with van der Waals surface area (Å²) in [4.78, 5) is 0. The quantitative estimate of drug-likeness (QED) is 0.280. The molecule has 0 aliphatic heterocycles. The van der Waals surface area contributed by atoms with E-state index < -0.39 is 0 Å². The lowest BCUT2D eigenvalue weighted by Gasteiger charge is -2.05. The number of thiocarbonyl (C=S) groups is 1. The van der Waals surface area contributed by atoms with Gasteiger partial charge in [-0.25, -0.2) is 10.9 Å². The van der Waals surface area contributed by atoms with Gasteiger partial charge in [-0.05, 0) is 12.2 Å². The highest BCUT2D eigenvalue weighted by Gasteiger charge is 1.83. The summed E-state index contributed by atoms with van der Waals surface area (Å²) in [7, 11) is 3.48. The van der Waals surface area contributed by atoms with Gasteiger partial charge in [-0.3, -0.25) is 10.9 Å². The maximum absolute atomic E-state index is 4.71. The monoisotopic (exact) mass is 134 g/mol. The van der Waals surface area contributed by atoms with Crippen molar-refractivity contribution in [3.05, 3.63) is 0 Å². The highest BCUT2D eigenvalue weighted by molar-refractivity contribution is 7.80. The van der Waals surface area contributed by atoms with Gasteiger partial charge in [0.15, 0.2) is 5.11 Å². The van der Waals surface area contributed by atoms with E-state index in [0.717, 1.165) is 0 Å². The molecule has 0 rings (SSSR count). The largest absolute Gasteiger partial charge is 0.297 e. The van der Waals surface area contributed by atoms with Crippen LogP contribution in [0.25, 0.3) is 0 Å². The van der Waals surface area contributed by atoms with E-state index in [1.54, 1.807) is 14.1 Å². The zero-order chi connectivity index (χ0) is 6.41. The van der Waals surface area contributed by atoms with E-state index in [-0.39, 0.29) is 0 Å². The molecule has 0 aliphatic carbocycles. The van der Waals surface area contributed by atoms with Crippen LogP contribution in [-0.4, -0.2) is 19.2 Å². The molecule has 0 aromatic rings. The summed E-state index contributed by atoms with van der Waals surface area (Å²) in [6.45, 7) is 0. The van der Waals surface area contributed by atoms with Crippen molar-refractivity contribution in [3.8, 4) is 0 Å². The van der Waals surface area contributed by atoms with Crippen molar-refractivity contribution in [2.24, 2.45) is 0 Å². The van der Waals surface area contributed by atoms with E-state index in [1.807, 2.05) is 0 Å². The van der Waals surface area contributed by atoms with Crippen LogP contribution in [0.3, 0.4) is 0 Å². The third kappa shape index (κ3) is 3.79. The predicted octanol–water partition coefficient (Wildman–Crippen LogP) is -1.28. The Bertz CT molecular complexity index is 65.7. The lowest BCUT2D eigenvalue weighted by Crippen LogP contribution is -2.46. The van der Waals surface area contributed by atoms with E-state index in [9.17, 15) is 0 Å². The first-order valence-corrected chi connectivity index (χ1v) is 2.61. The number of hydrogen-bond donors (Lipinski definition) is 4. The Morgan fingerprint density at radius 2 is 1.50 bits per heavy atom. The van der Waals surface area contributed by atoms with Gasteiger partial charge in [0.1, 0.15) is 0 Å². The zero-order valence-electron chi connectivity index (χ0n) is 4.91. The van der Waals surface area contributed by atoms with Crippen LogP contribution in [0.4, 0.5) is 0 Å². The van der Waals surface area contributed by atoms with Gasteiger partial charge < -0.3 is 0 Å². The van der Waals surface area contributed by atoms with Gasteiger partial charge >= 0.3 is 0 Å². The molecule has 0 bridgehead atoms. The van der Waals surface area contributed by atoms with Crippen molar-refractivity contribution >= 4 is 17.3 Å². The predicted molar refractivity (Wildman–Crippen MR) is 37.0 cm³/mol. The Morgan fingerprint density at radius 1 is 1.12 bits per heavy atom. The maximum atomic E-state index is 4.71. The van der Waals surface area contributed by atoms with Crippen LogP contribution in [0.15, 0.2) is 0 Å². The van der Waals surface area contributed by atoms with Crippen molar-refractivity contribution in [2.75, 3.05) is 14.1 Å². The first kappa shape index (κ1) is 7.61. The van der Waals surface area contributed by atoms with Gasteiger partial charge in [0.2, 0.25) is 0 Å². The Labute approximate surface area is 54.0 Å². The number of rotatable bonds is 2. The van der Waals surface area contributed by atoms with E-state index in [1.165, 1.54) is 0 Å². The van der Waals surface area contributed by atoms with Crippen LogP contribution in [0.1, 0.15) is 0 Å². The van der Waals surface area contributed by atoms with Gasteiger partial charge in [-0.2, -0.15) is 0 Å². The number of nitrogens with one attached hydrogen (secondary N) is 4. The van der Waals surface area contributed by atoms with Crippen LogP contribution in [-0.2, 0) is 0 Å². The minimum Gasteiger partial charge on any atom is -0.297 e. The van der Waals surface area contributed by atoms with Gasteiger partial charge in [-0.1, -0.05) is 0 Å². The molecule has 8 heavy (non-hydrogen) atoms. The molecule has 5 heteroatoms. The molecule has 0 aromatic heterocycles. The Kier molecular flexibility index (Phi) is 4.53. The summed E-state index contributed by atoms with van der Waals surface area (Å²) >= 11 is 4.71. The lowest BCUT2D eigenvalue weighted by molar-refractivity contribution is 0.695. The molecule has 0 radical (unpaired) electrons. The molecular weight excluding hydrogens is 124 g/mol. The molecule has 48 valence electrons. The van der Waals surface area contributed by atoms with Crippen molar-refractivity contribution in [2.45, 2.75) is 0 Å². The van der Waals surface area contributed by atoms with Gasteiger partial charge in [0.05, 0.1) is 0 Å². The summed E-state index contributed by atoms with van der Waals surface area (Å²) < 4.78 is 0. The Balaban J connectivity index is 3.06. The molecule has 0 heterocycles. The second-order valence-electron chi connectivity index (χ2n) is 1.08. The van der Waals surface area contributed by atoms with E-state index in [4.69, 9.17) is 12.2 Å². The topological polar surface area (TPSA) is 48.1 Å². The van der Waals surface area contributed by atoms with Crippen LogP contribution in [0, 0.1) is 0 Å². The summed E-state index contributed by atoms with van der Waals surface area (Å²) in [5.74, 6) is 0. The summed E-state index contributed by atoms with van der Waals surface area (Å²) in [6.07, 6.45) is 0. The second-order valence-corrected chi connectivity index (χ2v) is 1.49. The number of hydrogen-bond acceptors (Lipinski definition) is 3. The third-order valence-electron chi connectivity index (χ3n) is 0.477. The summed E-state index contributed by atoms with van der Waals surface area (Å²) in [6, 6.07) is 0. The molecule has 0 saturated heterocycles. The van der Waals surface area contributed by atoms with Crippen LogP contribution >= 0.6 is 12.2 Å². The van der Waals surface area contributed by atoms with Crippen LogP contribution < -0.4 is 21.7 Å². The van der Waals surface area contributed by atoms with Gasteiger partial charge in [0.25, 0.3) is 0 Å². The first-order valence-electron chi connectivity index (χ1n) is 2.20. The molecule has 0 amide bonds. The fourth-order valence-electron chi connectivity index (χ4n) is 0.258. The van der Waals surface area contributed by atoms with Crippen molar-refractivity contribution < 1.29 is 0 Å². The lowest BCUT2D eigenvalue weighted by atomic mass is 11.1. The first-order chi connectivity index (χ1) is 3.81. The maximum Gasteiger partial charge on any atom is 0.195 e. The molecule has 0 aliphatic rings. The standard InChI is InChI=1S/C3H10N4S/c1-4-6-3(8)7-5-2/h4-5H,1-2H3,(H2,6,7,8). The normalized spacial score (nSPS) is 8.25. The van der Waals surface area contributed by atoms with Gasteiger partial charge in [0, 0.05) is 14.1 Å². The zero-order valence-corrected chi connectivity index (χ0v) is 5.72. The molecule has 0 atom stereocenters. The average molecular weight is 134 g/mol. The molecule has 0 aromatic carbocycles. The van der Waals surface area contributed by atoms with E-state index >= 15 is 0 Å². The molecule has 0 unspecified atom stereocenters. The van der Waals surface area contributed by atoms with Crippen molar-refractivity contribution in [1.29, 1.82) is 0 Å². The van der Waals surface area contributed by atoms with E-state index in [2.05, 4.69) is 21.7 Å². The minimum absolute atomic E-state index is 0.523. The molecule has 0 fully saturated rings. The SMILES string of the molecule is CNNC(=S)NNC. The van der Waals surface area contributed by atoms with E-state index in [0.29, 0.717) is 5.11 Å². The van der Waals surface area contributed by atoms with Crippen LogP contribution in [0.2, 0.25) is 0 Å². The fraction of sp³-hybridized carbons (Fsp3) is 0.667. The molecular formula is C3H10N4S. The number of hydrazine groups is 2. The highest BCUT2D eigenvalue weighted by atomic mass is 32.1. The van der Waals surface area contributed by atoms with Crippen molar-refractivity contribution in [1.82, 2.24) is 21.7 Å². The molecule has 0 spiro atoms. The smallest absolute Gasteiger partial charge is 0.195 e. The highest BCUT2D eigenvalue weighted by Crippen LogP contribution is 1.53. The summed E-state index contributed by atoms with van der Waals surface area (Å²) in [5.41, 5.74) is 10.6. The summed E-state index contributed by atoms with van der Waals surface area (Å²) in [5, 5.41) is 0.523. The van der Waals surface area contributed by atoms with Crippen molar-refractivity contribution in [3.63, 3.8) is 0 Å². The Morgan fingerprint density at radius 3 is 1.75 bits per heavy atom. The van der Waals surface area contributed by atoms with Gasteiger partial charge in [-0.15, -0.1) is 0 Å². The molecule has 4 nitrogen and oxygen atoms in total. The van der Waals surface area contributed by atoms with Crippen LogP contribution in [0.5, 0.6) is 0 Å². The molecule has 4 N–H and O–H groups in total. The minimum atomic E-state index is 0.523. The second kappa shape index (κ2) is 4.76. The average Bonchev–Trinajstić information content (AvgIpc) is 1.68. The third-order valence-corrected chi connectivity index (χ3v) is 0.681. The fourth-order valence-corrected chi connectivity index (χ4v) is 0.462. The molecule has 0 saturated carbocycles.